The zero-order valence-corrected chi connectivity index (χ0v) is 11.4. The van der Waals surface area contributed by atoms with E-state index in [0.717, 1.165) is 11.0 Å². The summed E-state index contributed by atoms with van der Waals surface area (Å²) in [6.45, 7) is 3.24. The van der Waals surface area contributed by atoms with Crippen LogP contribution in [0.3, 0.4) is 0 Å². The lowest BCUT2D eigenvalue weighted by molar-refractivity contribution is 0.626. The van der Waals surface area contributed by atoms with Gasteiger partial charge in [0.25, 0.3) is 0 Å². The van der Waals surface area contributed by atoms with Gasteiger partial charge in [-0.15, -0.1) is 0 Å². The van der Waals surface area contributed by atoms with E-state index in [1.807, 2.05) is 6.20 Å². The van der Waals surface area contributed by atoms with Crippen molar-refractivity contribution >= 4 is 21.6 Å². The minimum atomic E-state index is 0.643. The number of nitrogens with zero attached hydrogens (tertiary/aromatic N) is 2. The van der Waals surface area contributed by atoms with Gasteiger partial charge < -0.3 is 4.90 Å². The normalized spacial score (nSPS) is 21.9. The Labute approximate surface area is 106 Å². The van der Waals surface area contributed by atoms with Crippen LogP contribution in [0, 0.1) is 6.92 Å². The minimum absolute atomic E-state index is 0.643. The number of hydrogen-bond acceptors (Lipinski definition) is 2. The molecule has 1 aromatic heterocycles. The fraction of sp³-hybridized carbons (Fsp3) is 0.615. The maximum absolute atomic E-state index is 4.27. The highest BCUT2D eigenvalue weighted by atomic mass is 79.9. The van der Waals surface area contributed by atoms with Crippen LogP contribution in [0.5, 0.6) is 0 Å². The van der Waals surface area contributed by atoms with E-state index in [4.69, 9.17) is 0 Å². The molecule has 1 fully saturated rings. The standard InChI is InChI=1S/C13H19BrN2/c1-11-9-12(6-7-15-11)16-8-4-2-3-5-13(16)10-14/h6-7,9,13H,2-5,8,10H2,1H3. The largest absolute Gasteiger partial charge is 0.368 e. The number of rotatable bonds is 2. The first-order chi connectivity index (χ1) is 7.81. The Kier molecular flexibility index (Phi) is 4.22. The smallest absolute Gasteiger partial charge is 0.0402 e. The molecule has 0 aliphatic carbocycles. The van der Waals surface area contributed by atoms with Gasteiger partial charge in [-0.3, -0.25) is 4.98 Å². The van der Waals surface area contributed by atoms with Crippen molar-refractivity contribution in [2.45, 2.75) is 38.6 Å². The van der Waals surface area contributed by atoms with Gasteiger partial charge in [-0.05, 0) is 31.9 Å². The van der Waals surface area contributed by atoms with E-state index in [-0.39, 0.29) is 0 Å². The van der Waals surface area contributed by atoms with Gasteiger partial charge in [0.2, 0.25) is 0 Å². The molecule has 1 aliphatic rings. The Morgan fingerprint density at radius 1 is 1.44 bits per heavy atom. The van der Waals surface area contributed by atoms with Crippen molar-refractivity contribution < 1.29 is 0 Å². The van der Waals surface area contributed by atoms with Gasteiger partial charge in [0.1, 0.15) is 0 Å². The summed E-state index contributed by atoms with van der Waals surface area (Å²) in [5.74, 6) is 0. The van der Waals surface area contributed by atoms with Crippen molar-refractivity contribution in [2.24, 2.45) is 0 Å². The van der Waals surface area contributed by atoms with E-state index < -0.39 is 0 Å². The number of hydrogen-bond donors (Lipinski definition) is 0. The lowest BCUT2D eigenvalue weighted by atomic mass is 10.1. The van der Waals surface area contributed by atoms with E-state index >= 15 is 0 Å². The molecule has 1 aromatic rings. The van der Waals surface area contributed by atoms with Gasteiger partial charge in [-0.1, -0.05) is 28.8 Å². The first-order valence-electron chi connectivity index (χ1n) is 6.06. The first-order valence-corrected chi connectivity index (χ1v) is 7.18. The SMILES string of the molecule is Cc1cc(N2CCCCCC2CBr)ccn1. The monoisotopic (exact) mass is 282 g/mol. The van der Waals surface area contributed by atoms with Crippen LogP contribution in [0.25, 0.3) is 0 Å². The van der Waals surface area contributed by atoms with Crippen LogP contribution in [-0.4, -0.2) is 22.9 Å². The first kappa shape index (κ1) is 11.9. The van der Waals surface area contributed by atoms with Crippen LogP contribution in [0.15, 0.2) is 18.3 Å². The number of anilines is 1. The topological polar surface area (TPSA) is 16.1 Å². The van der Waals surface area contributed by atoms with E-state index in [0.29, 0.717) is 6.04 Å². The summed E-state index contributed by atoms with van der Waals surface area (Å²) in [6, 6.07) is 4.97. The molecule has 88 valence electrons. The fourth-order valence-electron chi connectivity index (χ4n) is 2.39. The molecule has 0 N–H and O–H groups in total. The van der Waals surface area contributed by atoms with E-state index in [1.54, 1.807) is 0 Å². The summed E-state index contributed by atoms with van der Waals surface area (Å²) in [6.07, 6.45) is 7.25. The molecule has 0 aromatic carbocycles. The van der Waals surface area contributed by atoms with Crippen molar-refractivity contribution in [2.75, 3.05) is 16.8 Å². The van der Waals surface area contributed by atoms with Crippen molar-refractivity contribution in [3.8, 4) is 0 Å². The average molecular weight is 283 g/mol. The van der Waals surface area contributed by atoms with Crippen LogP contribution in [0.4, 0.5) is 5.69 Å². The quantitative estimate of drug-likeness (QED) is 0.772. The summed E-state index contributed by atoms with van der Waals surface area (Å²) in [7, 11) is 0. The molecule has 1 saturated heterocycles. The van der Waals surface area contributed by atoms with Crippen LogP contribution in [0.1, 0.15) is 31.4 Å². The Bertz CT molecular complexity index is 340. The Balaban J connectivity index is 2.21. The average Bonchev–Trinajstić information content (AvgIpc) is 2.53. The summed E-state index contributed by atoms with van der Waals surface area (Å²) in [5, 5.41) is 1.06. The van der Waals surface area contributed by atoms with Crippen molar-refractivity contribution in [1.29, 1.82) is 0 Å². The van der Waals surface area contributed by atoms with Crippen LogP contribution >= 0.6 is 15.9 Å². The van der Waals surface area contributed by atoms with Crippen LogP contribution in [0.2, 0.25) is 0 Å². The maximum atomic E-state index is 4.27. The second kappa shape index (κ2) is 5.67. The molecule has 1 unspecified atom stereocenters. The third kappa shape index (κ3) is 2.76. The summed E-state index contributed by atoms with van der Waals surface area (Å²) in [4.78, 5) is 6.81. The molecule has 2 heterocycles. The fourth-order valence-corrected chi connectivity index (χ4v) is 3.06. The predicted octanol–water partition coefficient (Wildman–Crippen LogP) is 3.53. The lowest BCUT2D eigenvalue weighted by Crippen LogP contribution is -2.36. The molecule has 3 heteroatoms. The van der Waals surface area contributed by atoms with Gasteiger partial charge in [0.05, 0.1) is 0 Å². The third-order valence-electron chi connectivity index (χ3n) is 3.27. The molecule has 0 bridgehead atoms. The Morgan fingerprint density at radius 3 is 3.06 bits per heavy atom. The summed E-state index contributed by atoms with van der Waals surface area (Å²) < 4.78 is 0. The molecule has 2 nitrogen and oxygen atoms in total. The van der Waals surface area contributed by atoms with Crippen molar-refractivity contribution in [1.82, 2.24) is 4.98 Å². The van der Waals surface area contributed by atoms with Gasteiger partial charge in [-0.2, -0.15) is 0 Å². The third-order valence-corrected chi connectivity index (χ3v) is 4.01. The molecule has 2 rings (SSSR count). The zero-order chi connectivity index (χ0) is 11.4. The molecule has 1 aliphatic heterocycles. The van der Waals surface area contributed by atoms with Crippen LogP contribution < -0.4 is 4.90 Å². The number of halogens is 1. The summed E-state index contributed by atoms with van der Waals surface area (Å²) in [5.41, 5.74) is 2.44. The minimum Gasteiger partial charge on any atom is -0.368 e. The van der Waals surface area contributed by atoms with Crippen LogP contribution in [-0.2, 0) is 0 Å². The van der Waals surface area contributed by atoms with E-state index in [2.05, 4.69) is 44.9 Å². The number of aryl methyl sites for hydroxylation is 1. The summed E-state index contributed by atoms with van der Waals surface area (Å²) >= 11 is 3.64. The van der Waals surface area contributed by atoms with Gasteiger partial charge in [0.15, 0.2) is 0 Å². The highest BCUT2D eigenvalue weighted by Crippen LogP contribution is 2.25. The van der Waals surface area contributed by atoms with Crippen molar-refractivity contribution in [3.05, 3.63) is 24.0 Å². The molecular weight excluding hydrogens is 264 g/mol. The predicted molar refractivity (Wildman–Crippen MR) is 72.4 cm³/mol. The zero-order valence-electron chi connectivity index (χ0n) is 9.82. The molecule has 0 radical (unpaired) electrons. The van der Waals surface area contributed by atoms with E-state index in [9.17, 15) is 0 Å². The Hall–Kier alpha value is -0.570. The lowest BCUT2D eigenvalue weighted by Gasteiger charge is -2.31. The second-order valence-electron chi connectivity index (χ2n) is 4.51. The molecule has 0 saturated carbocycles. The molecule has 0 spiro atoms. The molecule has 1 atom stereocenters. The molecular formula is C13H19BrN2. The second-order valence-corrected chi connectivity index (χ2v) is 5.15. The van der Waals surface area contributed by atoms with Gasteiger partial charge in [-0.25, -0.2) is 0 Å². The number of aromatic nitrogens is 1. The molecule has 0 amide bonds. The van der Waals surface area contributed by atoms with Gasteiger partial charge >= 0.3 is 0 Å². The van der Waals surface area contributed by atoms with Crippen molar-refractivity contribution in [3.63, 3.8) is 0 Å². The van der Waals surface area contributed by atoms with E-state index in [1.165, 1.54) is 37.9 Å². The molecule has 16 heavy (non-hydrogen) atoms. The number of pyridine rings is 1. The number of alkyl halides is 1. The maximum Gasteiger partial charge on any atom is 0.0402 e. The highest BCUT2D eigenvalue weighted by Gasteiger charge is 2.20. The van der Waals surface area contributed by atoms with Gasteiger partial charge in [0, 0.05) is 35.5 Å². The highest BCUT2D eigenvalue weighted by molar-refractivity contribution is 9.09. The Morgan fingerprint density at radius 2 is 2.31 bits per heavy atom.